The van der Waals surface area contributed by atoms with E-state index >= 15 is 0 Å². The van der Waals surface area contributed by atoms with E-state index in [0.29, 0.717) is 28.5 Å². The molecule has 0 saturated carbocycles. The minimum Gasteiger partial charge on any atom is -0.437 e. The van der Waals surface area contributed by atoms with Crippen LogP contribution in [0, 0.1) is 13.8 Å². The summed E-state index contributed by atoms with van der Waals surface area (Å²) in [5, 5.41) is 0. The number of imidazole rings is 1. The molecule has 0 aliphatic carbocycles. The molecule has 0 amide bonds. The molecule has 0 atom stereocenters. The van der Waals surface area contributed by atoms with E-state index in [4.69, 9.17) is 10.5 Å². The average Bonchev–Trinajstić information content (AvgIpc) is 2.85. The second kappa shape index (κ2) is 4.24. The van der Waals surface area contributed by atoms with E-state index in [1.54, 1.807) is 12.4 Å². The molecular weight excluding hydrogens is 242 g/mol. The van der Waals surface area contributed by atoms with Crippen molar-refractivity contribution in [2.45, 2.75) is 13.8 Å². The zero-order valence-electron chi connectivity index (χ0n) is 10.6. The van der Waals surface area contributed by atoms with Crippen LogP contribution < -0.4 is 10.5 Å². The Bertz CT molecular complexity index is 750. The number of aromatic amines is 1. The molecule has 0 fully saturated rings. The van der Waals surface area contributed by atoms with Gasteiger partial charge in [-0.1, -0.05) is 6.07 Å². The molecule has 0 bridgehead atoms. The highest BCUT2D eigenvalue weighted by Gasteiger charge is 2.10. The van der Waals surface area contributed by atoms with Crippen LogP contribution in [0.1, 0.15) is 11.1 Å². The first-order valence-electron chi connectivity index (χ1n) is 5.84. The van der Waals surface area contributed by atoms with Crippen LogP contribution >= 0.6 is 0 Å². The van der Waals surface area contributed by atoms with Crippen LogP contribution in [0.4, 0.5) is 5.69 Å². The molecule has 0 aliphatic rings. The summed E-state index contributed by atoms with van der Waals surface area (Å²) in [6.45, 7) is 3.93. The molecule has 0 saturated heterocycles. The first-order chi connectivity index (χ1) is 9.15. The van der Waals surface area contributed by atoms with Crippen molar-refractivity contribution in [3.63, 3.8) is 0 Å². The molecule has 96 valence electrons. The molecule has 0 aliphatic heterocycles. The number of rotatable bonds is 2. The van der Waals surface area contributed by atoms with Gasteiger partial charge in [0.15, 0.2) is 5.65 Å². The fourth-order valence-corrected chi connectivity index (χ4v) is 1.88. The Morgan fingerprint density at radius 3 is 2.79 bits per heavy atom. The Kier molecular flexibility index (Phi) is 2.56. The van der Waals surface area contributed by atoms with Gasteiger partial charge >= 0.3 is 0 Å². The molecule has 0 radical (unpaired) electrons. The van der Waals surface area contributed by atoms with Crippen LogP contribution in [0.15, 0.2) is 24.8 Å². The number of benzene rings is 1. The molecule has 3 aromatic rings. The number of nitrogens with zero attached hydrogens (tertiary/aromatic N) is 3. The Hall–Kier alpha value is -2.63. The van der Waals surface area contributed by atoms with Crippen LogP contribution in [-0.4, -0.2) is 19.9 Å². The summed E-state index contributed by atoms with van der Waals surface area (Å²) in [5.41, 5.74) is 9.86. The molecule has 2 aromatic heterocycles. The number of anilines is 1. The fraction of sp³-hybridized carbons (Fsp3) is 0.154. The van der Waals surface area contributed by atoms with Gasteiger partial charge in [0.25, 0.3) is 0 Å². The standard InChI is InChI=1S/C13H13N5O/c1-7-3-8(2)10(4-9(7)14)19-13-11-12(16-5-15-11)17-6-18-13/h3-6H,14H2,1-2H3,(H,15,16,17,18). The summed E-state index contributed by atoms with van der Waals surface area (Å²) in [6, 6.07) is 3.78. The Balaban J connectivity index is 2.06. The van der Waals surface area contributed by atoms with Gasteiger partial charge in [0.2, 0.25) is 5.88 Å². The fourth-order valence-electron chi connectivity index (χ4n) is 1.88. The largest absolute Gasteiger partial charge is 0.437 e. The minimum atomic E-state index is 0.439. The maximum Gasteiger partial charge on any atom is 0.248 e. The number of nitrogens with one attached hydrogen (secondary N) is 1. The zero-order valence-corrected chi connectivity index (χ0v) is 10.6. The minimum absolute atomic E-state index is 0.439. The number of aryl methyl sites for hydroxylation is 2. The van der Waals surface area contributed by atoms with Gasteiger partial charge in [-0.05, 0) is 25.0 Å². The van der Waals surface area contributed by atoms with Gasteiger partial charge in [0.1, 0.15) is 17.6 Å². The first-order valence-corrected chi connectivity index (χ1v) is 5.84. The molecule has 3 N–H and O–H groups in total. The Morgan fingerprint density at radius 1 is 1.11 bits per heavy atom. The molecule has 0 spiro atoms. The summed E-state index contributed by atoms with van der Waals surface area (Å²) >= 11 is 0. The van der Waals surface area contributed by atoms with Gasteiger partial charge in [0.05, 0.1) is 6.33 Å². The van der Waals surface area contributed by atoms with E-state index in [1.165, 1.54) is 6.33 Å². The molecule has 6 nitrogen and oxygen atoms in total. The van der Waals surface area contributed by atoms with Gasteiger partial charge in [-0.2, -0.15) is 4.98 Å². The van der Waals surface area contributed by atoms with Crippen molar-refractivity contribution in [2.75, 3.05) is 5.73 Å². The third kappa shape index (κ3) is 1.97. The second-order valence-corrected chi connectivity index (χ2v) is 4.36. The number of aromatic nitrogens is 4. The molecular formula is C13H13N5O. The van der Waals surface area contributed by atoms with Crippen molar-refractivity contribution < 1.29 is 4.74 Å². The SMILES string of the molecule is Cc1cc(C)c(Oc2ncnc3nc[nH]c23)cc1N. The monoisotopic (exact) mass is 255 g/mol. The van der Waals surface area contributed by atoms with Gasteiger partial charge in [-0.25, -0.2) is 9.97 Å². The normalized spacial score (nSPS) is 10.8. The lowest BCUT2D eigenvalue weighted by molar-refractivity contribution is 0.464. The van der Waals surface area contributed by atoms with Crippen molar-refractivity contribution in [1.29, 1.82) is 0 Å². The third-order valence-electron chi connectivity index (χ3n) is 2.96. The number of nitrogens with two attached hydrogens (primary N) is 1. The van der Waals surface area contributed by atoms with Crippen LogP contribution in [0.2, 0.25) is 0 Å². The first kappa shape index (κ1) is 11.5. The van der Waals surface area contributed by atoms with Crippen molar-refractivity contribution in [3.8, 4) is 11.6 Å². The van der Waals surface area contributed by atoms with Crippen LogP contribution in [0.3, 0.4) is 0 Å². The molecule has 2 heterocycles. The van der Waals surface area contributed by atoms with Crippen LogP contribution in [0.5, 0.6) is 11.6 Å². The number of fused-ring (bicyclic) bond motifs is 1. The topological polar surface area (TPSA) is 89.7 Å². The van der Waals surface area contributed by atoms with Crippen molar-refractivity contribution >= 4 is 16.9 Å². The summed E-state index contributed by atoms with van der Waals surface area (Å²) in [5.74, 6) is 1.12. The van der Waals surface area contributed by atoms with Crippen molar-refractivity contribution in [2.24, 2.45) is 0 Å². The molecule has 3 rings (SSSR count). The number of nitrogen functional groups attached to an aromatic ring is 1. The van der Waals surface area contributed by atoms with Gasteiger partial charge in [0, 0.05) is 11.8 Å². The van der Waals surface area contributed by atoms with E-state index in [9.17, 15) is 0 Å². The van der Waals surface area contributed by atoms with Crippen LogP contribution in [0.25, 0.3) is 11.2 Å². The predicted octanol–water partition coefficient (Wildman–Crippen LogP) is 2.34. The lowest BCUT2D eigenvalue weighted by atomic mass is 10.1. The number of H-pyrrole nitrogens is 1. The second-order valence-electron chi connectivity index (χ2n) is 4.36. The van der Waals surface area contributed by atoms with E-state index < -0.39 is 0 Å². The summed E-state index contributed by atoms with van der Waals surface area (Å²) < 4.78 is 5.81. The van der Waals surface area contributed by atoms with Crippen LogP contribution in [-0.2, 0) is 0 Å². The number of hydrogen-bond acceptors (Lipinski definition) is 5. The summed E-state index contributed by atoms with van der Waals surface area (Å²) in [7, 11) is 0. The number of ether oxygens (including phenoxy) is 1. The molecule has 0 unspecified atom stereocenters. The summed E-state index contributed by atoms with van der Waals surface area (Å²) in [4.78, 5) is 15.2. The van der Waals surface area contributed by atoms with E-state index in [0.717, 1.165) is 11.1 Å². The lowest BCUT2D eigenvalue weighted by Crippen LogP contribution is -1.96. The van der Waals surface area contributed by atoms with E-state index in [2.05, 4.69) is 19.9 Å². The predicted molar refractivity (Wildman–Crippen MR) is 72.1 cm³/mol. The van der Waals surface area contributed by atoms with E-state index in [-0.39, 0.29) is 0 Å². The summed E-state index contributed by atoms with van der Waals surface area (Å²) in [6.07, 6.45) is 2.98. The lowest BCUT2D eigenvalue weighted by Gasteiger charge is -2.10. The quantitative estimate of drug-likeness (QED) is 0.686. The zero-order chi connectivity index (χ0) is 13.4. The highest BCUT2D eigenvalue weighted by atomic mass is 16.5. The maximum atomic E-state index is 5.90. The molecule has 6 heteroatoms. The smallest absolute Gasteiger partial charge is 0.248 e. The van der Waals surface area contributed by atoms with Gasteiger partial charge in [-0.3, -0.25) is 0 Å². The maximum absolute atomic E-state index is 5.90. The van der Waals surface area contributed by atoms with E-state index in [1.807, 2.05) is 19.9 Å². The Labute approximate surface area is 109 Å². The molecule has 1 aromatic carbocycles. The molecule has 19 heavy (non-hydrogen) atoms. The van der Waals surface area contributed by atoms with Crippen molar-refractivity contribution in [3.05, 3.63) is 35.9 Å². The Morgan fingerprint density at radius 2 is 1.95 bits per heavy atom. The average molecular weight is 255 g/mol. The van der Waals surface area contributed by atoms with Gasteiger partial charge in [-0.15, -0.1) is 0 Å². The van der Waals surface area contributed by atoms with Gasteiger partial charge < -0.3 is 15.5 Å². The van der Waals surface area contributed by atoms with Crippen molar-refractivity contribution in [1.82, 2.24) is 19.9 Å². The highest BCUT2D eigenvalue weighted by Crippen LogP contribution is 2.30. The highest BCUT2D eigenvalue weighted by molar-refractivity contribution is 5.75. The number of hydrogen-bond donors (Lipinski definition) is 2. The third-order valence-corrected chi connectivity index (χ3v) is 2.96.